The number of likely N-dealkylation sites (N-methyl/N-ethyl adjacent to an activating group) is 1. The quantitative estimate of drug-likeness (QED) is 0.301. The van der Waals surface area contributed by atoms with E-state index in [2.05, 4.69) is 5.32 Å². The summed E-state index contributed by atoms with van der Waals surface area (Å²) in [5.74, 6) is -1.01. The number of benzene rings is 3. The van der Waals surface area contributed by atoms with Crippen molar-refractivity contribution in [3.63, 3.8) is 0 Å². The van der Waals surface area contributed by atoms with Crippen LogP contribution < -0.4 is 9.62 Å². The summed E-state index contributed by atoms with van der Waals surface area (Å²) >= 11 is 6.14. The van der Waals surface area contributed by atoms with Crippen LogP contribution in [0.5, 0.6) is 0 Å². The van der Waals surface area contributed by atoms with Crippen molar-refractivity contribution in [2.24, 2.45) is 0 Å². The van der Waals surface area contributed by atoms with E-state index in [1.165, 1.54) is 21.3 Å². The highest BCUT2D eigenvalue weighted by Crippen LogP contribution is 2.27. The first kappa shape index (κ1) is 31.1. The van der Waals surface area contributed by atoms with Gasteiger partial charge in [-0.05, 0) is 61.2 Å². The van der Waals surface area contributed by atoms with Crippen LogP contribution in [-0.2, 0) is 32.6 Å². The normalized spacial score (nSPS) is 12.0. The van der Waals surface area contributed by atoms with Gasteiger partial charge in [0, 0.05) is 37.5 Å². The van der Waals surface area contributed by atoms with Crippen LogP contribution >= 0.6 is 11.6 Å². The number of nitrogens with one attached hydrogen (secondary N) is 1. The van der Waals surface area contributed by atoms with E-state index in [1.54, 1.807) is 44.2 Å². The third-order valence-corrected chi connectivity index (χ3v) is 7.90. The largest absolute Gasteiger partial charge is 0.355 e. The van der Waals surface area contributed by atoms with E-state index in [9.17, 15) is 22.4 Å². The Morgan fingerprint density at radius 1 is 1.00 bits per heavy atom. The second kappa shape index (κ2) is 14.3. The van der Waals surface area contributed by atoms with E-state index in [0.717, 1.165) is 17.4 Å². The summed E-state index contributed by atoms with van der Waals surface area (Å²) in [6.45, 7) is 4.14. The molecule has 0 spiro atoms. The molecule has 0 heterocycles. The third kappa shape index (κ3) is 8.79. The molecule has 3 aromatic rings. The number of halogens is 2. The van der Waals surface area contributed by atoms with Gasteiger partial charge < -0.3 is 10.2 Å². The molecule has 0 aliphatic carbocycles. The number of carbonyl (C=O) groups excluding carboxylic acids is 2. The first-order chi connectivity index (χ1) is 19.0. The van der Waals surface area contributed by atoms with Gasteiger partial charge in [-0.25, -0.2) is 12.8 Å². The van der Waals surface area contributed by atoms with Crippen LogP contribution in [0, 0.1) is 12.7 Å². The van der Waals surface area contributed by atoms with E-state index in [4.69, 9.17) is 11.6 Å². The molecular weight excluding hydrogens is 553 g/mol. The average molecular weight is 588 g/mol. The van der Waals surface area contributed by atoms with Crippen molar-refractivity contribution < 1.29 is 22.4 Å². The Morgan fingerprint density at radius 3 is 2.30 bits per heavy atom. The summed E-state index contributed by atoms with van der Waals surface area (Å²) in [6.07, 6.45) is 1.61. The number of aryl methyl sites for hydroxylation is 1. The van der Waals surface area contributed by atoms with E-state index >= 15 is 0 Å². The van der Waals surface area contributed by atoms with Crippen molar-refractivity contribution in [2.75, 3.05) is 23.7 Å². The maximum absolute atomic E-state index is 13.7. The number of anilines is 1. The van der Waals surface area contributed by atoms with Crippen LogP contribution in [0.3, 0.4) is 0 Å². The summed E-state index contributed by atoms with van der Waals surface area (Å²) < 4.78 is 40.1. The van der Waals surface area contributed by atoms with E-state index < -0.39 is 21.9 Å². The number of rotatable bonds is 13. The molecule has 7 nitrogen and oxygen atoms in total. The molecule has 0 aliphatic rings. The fourth-order valence-electron chi connectivity index (χ4n) is 4.47. The lowest BCUT2D eigenvalue weighted by Gasteiger charge is -2.32. The van der Waals surface area contributed by atoms with E-state index in [0.29, 0.717) is 22.8 Å². The van der Waals surface area contributed by atoms with Gasteiger partial charge in [0.25, 0.3) is 0 Å². The Balaban J connectivity index is 1.87. The summed E-state index contributed by atoms with van der Waals surface area (Å²) in [7, 11) is -3.66. The molecule has 0 fully saturated rings. The Morgan fingerprint density at radius 2 is 1.68 bits per heavy atom. The molecule has 0 saturated carbocycles. The summed E-state index contributed by atoms with van der Waals surface area (Å²) in [6, 6.07) is 19.4. The zero-order valence-electron chi connectivity index (χ0n) is 22.9. The number of sulfonamides is 1. The van der Waals surface area contributed by atoms with Crippen LogP contribution in [0.25, 0.3) is 0 Å². The monoisotopic (exact) mass is 587 g/mol. The Bertz CT molecular complexity index is 1400. The van der Waals surface area contributed by atoms with Crippen molar-refractivity contribution >= 4 is 39.1 Å². The molecule has 0 radical (unpaired) electrons. The molecule has 0 aliphatic heterocycles. The summed E-state index contributed by atoms with van der Waals surface area (Å²) in [5.41, 5.74) is 2.74. The zero-order chi connectivity index (χ0) is 29.3. The number of amides is 2. The molecule has 1 atom stereocenters. The van der Waals surface area contributed by atoms with Gasteiger partial charge in [-0.1, -0.05) is 60.1 Å². The van der Waals surface area contributed by atoms with Crippen LogP contribution in [0.4, 0.5) is 10.1 Å². The standard InChI is InChI=1S/C30H35ClFN3O4S/c1-4-33-30(37)28(19-23-9-6-5-7-10-23)34(21-24-13-16-26(32)17-14-24)29(36)11-8-18-35(40(3,38)39)27-20-25(31)15-12-22(27)2/h5-7,9-10,12-17,20,28H,4,8,11,18-19,21H2,1-3H3,(H,33,37). The van der Waals surface area contributed by atoms with E-state index in [1.807, 2.05) is 30.3 Å². The molecule has 40 heavy (non-hydrogen) atoms. The highest BCUT2D eigenvalue weighted by Gasteiger charge is 2.30. The Hall–Kier alpha value is -3.43. The van der Waals surface area contributed by atoms with Crippen molar-refractivity contribution in [2.45, 2.75) is 45.7 Å². The second-order valence-electron chi connectivity index (χ2n) is 9.62. The van der Waals surface area contributed by atoms with Crippen molar-refractivity contribution in [3.8, 4) is 0 Å². The average Bonchev–Trinajstić information content (AvgIpc) is 2.91. The minimum Gasteiger partial charge on any atom is -0.355 e. The lowest BCUT2D eigenvalue weighted by Crippen LogP contribution is -2.50. The molecular formula is C30H35ClFN3O4S. The van der Waals surface area contributed by atoms with Crippen LogP contribution in [0.15, 0.2) is 72.8 Å². The van der Waals surface area contributed by atoms with Gasteiger partial charge in [0.2, 0.25) is 21.8 Å². The van der Waals surface area contributed by atoms with Crippen LogP contribution in [-0.4, -0.2) is 50.5 Å². The topological polar surface area (TPSA) is 86.8 Å². The molecule has 10 heteroatoms. The fraction of sp³-hybridized carbons (Fsp3) is 0.333. The summed E-state index contributed by atoms with van der Waals surface area (Å²) in [5, 5.41) is 3.23. The van der Waals surface area contributed by atoms with Crippen LogP contribution in [0.2, 0.25) is 5.02 Å². The Labute approximate surface area is 241 Å². The van der Waals surface area contributed by atoms with Gasteiger partial charge in [-0.3, -0.25) is 13.9 Å². The predicted octanol–water partition coefficient (Wildman–Crippen LogP) is 5.11. The first-order valence-electron chi connectivity index (χ1n) is 13.1. The van der Waals surface area contributed by atoms with Crippen molar-refractivity contribution in [1.29, 1.82) is 0 Å². The molecule has 3 aromatic carbocycles. The highest BCUT2D eigenvalue weighted by molar-refractivity contribution is 7.92. The SMILES string of the molecule is CCNC(=O)C(Cc1ccccc1)N(Cc1ccc(F)cc1)C(=O)CCCN(c1cc(Cl)ccc1C)S(C)(=O)=O. The molecule has 1 unspecified atom stereocenters. The third-order valence-electron chi connectivity index (χ3n) is 6.48. The second-order valence-corrected chi connectivity index (χ2v) is 12.0. The van der Waals surface area contributed by atoms with Gasteiger partial charge in [-0.2, -0.15) is 0 Å². The number of hydrogen-bond donors (Lipinski definition) is 1. The maximum Gasteiger partial charge on any atom is 0.243 e. The fourth-order valence-corrected chi connectivity index (χ4v) is 5.65. The lowest BCUT2D eigenvalue weighted by atomic mass is 10.0. The van der Waals surface area contributed by atoms with Gasteiger partial charge >= 0.3 is 0 Å². The number of carbonyl (C=O) groups is 2. The highest BCUT2D eigenvalue weighted by atomic mass is 35.5. The minimum absolute atomic E-state index is 0.00246. The van der Waals surface area contributed by atoms with Crippen LogP contribution in [0.1, 0.15) is 36.5 Å². The zero-order valence-corrected chi connectivity index (χ0v) is 24.5. The first-order valence-corrected chi connectivity index (χ1v) is 15.3. The number of nitrogens with zero attached hydrogens (tertiary/aromatic N) is 2. The van der Waals surface area contributed by atoms with Crippen molar-refractivity contribution in [3.05, 3.63) is 100 Å². The predicted molar refractivity (Wildman–Crippen MR) is 157 cm³/mol. The molecule has 214 valence electrons. The smallest absolute Gasteiger partial charge is 0.243 e. The van der Waals surface area contributed by atoms with E-state index in [-0.39, 0.29) is 44.2 Å². The van der Waals surface area contributed by atoms with Crippen molar-refractivity contribution in [1.82, 2.24) is 10.2 Å². The molecule has 0 saturated heterocycles. The summed E-state index contributed by atoms with van der Waals surface area (Å²) in [4.78, 5) is 28.5. The Kier molecular flexibility index (Phi) is 11.1. The molecule has 0 aromatic heterocycles. The van der Waals surface area contributed by atoms with Gasteiger partial charge in [-0.15, -0.1) is 0 Å². The lowest BCUT2D eigenvalue weighted by molar-refractivity contribution is -0.141. The molecule has 3 rings (SSSR count). The minimum atomic E-state index is -3.66. The van der Waals surface area contributed by atoms with Gasteiger partial charge in [0.05, 0.1) is 11.9 Å². The molecule has 2 amide bonds. The molecule has 0 bridgehead atoms. The van der Waals surface area contributed by atoms with Gasteiger partial charge in [0.1, 0.15) is 11.9 Å². The number of hydrogen-bond acceptors (Lipinski definition) is 4. The van der Waals surface area contributed by atoms with Gasteiger partial charge in [0.15, 0.2) is 0 Å². The maximum atomic E-state index is 13.7. The molecule has 1 N–H and O–H groups in total.